The molecule has 2 aliphatic heterocycles. The average Bonchev–Trinajstić information content (AvgIpc) is 3.12. The zero-order valence-electron chi connectivity index (χ0n) is 14.5. The summed E-state index contributed by atoms with van der Waals surface area (Å²) >= 11 is 0. The first kappa shape index (κ1) is 18.7. The van der Waals surface area contributed by atoms with Gasteiger partial charge in [-0.1, -0.05) is 6.07 Å². The van der Waals surface area contributed by atoms with Gasteiger partial charge in [0, 0.05) is 31.8 Å². The molecule has 2 aliphatic rings. The third-order valence-electron chi connectivity index (χ3n) is 4.78. The van der Waals surface area contributed by atoms with Crippen LogP contribution in [-0.4, -0.2) is 67.3 Å². The van der Waals surface area contributed by atoms with Crippen molar-refractivity contribution in [2.75, 3.05) is 32.8 Å². The number of nitrogens with zero attached hydrogens (tertiary/aromatic N) is 3. The van der Waals surface area contributed by atoms with Gasteiger partial charge >= 0.3 is 0 Å². The van der Waals surface area contributed by atoms with Gasteiger partial charge in [0.1, 0.15) is 6.04 Å². The molecule has 10 heteroatoms. The lowest BCUT2D eigenvalue weighted by Crippen LogP contribution is -2.51. The van der Waals surface area contributed by atoms with E-state index in [2.05, 4.69) is 0 Å². The second-order valence-electron chi connectivity index (χ2n) is 6.42. The van der Waals surface area contributed by atoms with Crippen LogP contribution in [0.25, 0.3) is 0 Å². The molecule has 2 saturated heterocycles. The Bertz CT molecular complexity index is 819. The summed E-state index contributed by atoms with van der Waals surface area (Å²) in [6.07, 6.45) is 1.03. The molecule has 0 spiro atoms. The van der Waals surface area contributed by atoms with Crippen LogP contribution in [0.5, 0.6) is 0 Å². The van der Waals surface area contributed by atoms with E-state index in [1.165, 1.54) is 16.4 Å². The van der Waals surface area contributed by atoms with Crippen LogP contribution in [0.15, 0.2) is 23.1 Å². The number of amides is 1. The van der Waals surface area contributed by atoms with Crippen molar-refractivity contribution in [2.24, 2.45) is 0 Å². The summed E-state index contributed by atoms with van der Waals surface area (Å²) in [5.41, 5.74) is 0.129. The van der Waals surface area contributed by atoms with E-state index in [-0.39, 0.29) is 23.0 Å². The van der Waals surface area contributed by atoms with Crippen LogP contribution in [0.3, 0.4) is 0 Å². The van der Waals surface area contributed by atoms with Gasteiger partial charge in [0.2, 0.25) is 15.9 Å². The Hall–Kier alpha value is -2.04. The minimum atomic E-state index is -4.01. The molecule has 1 amide bonds. The lowest BCUT2D eigenvalue weighted by atomic mass is 10.2. The lowest BCUT2D eigenvalue weighted by Gasteiger charge is -2.32. The molecule has 0 bridgehead atoms. The smallest absolute Gasteiger partial charge is 0.270 e. The van der Waals surface area contributed by atoms with Crippen molar-refractivity contribution in [1.82, 2.24) is 9.21 Å². The maximum Gasteiger partial charge on any atom is 0.270 e. The Kier molecular flexibility index (Phi) is 5.26. The van der Waals surface area contributed by atoms with Gasteiger partial charge in [0.05, 0.1) is 23.0 Å². The number of benzene rings is 1. The van der Waals surface area contributed by atoms with E-state index in [9.17, 15) is 23.3 Å². The Morgan fingerprint density at radius 1 is 1.27 bits per heavy atom. The summed E-state index contributed by atoms with van der Waals surface area (Å²) in [7, 11) is -4.01. The van der Waals surface area contributed by atoms with Crippen molar-refractivity contribution in [1.29, 1.82) is 0 Å². The highest BCUT2D eigenvalue weighted by Crippen LogP contribution is 2.31. The highest BCUT2D eigenvalue weighted by molar-refractivity contribution is 7.89. The monoisotopic (exact) mass is 383 g/mol. The number of ether oxygens (including phenoxy) is 1. The summed E-state index contributed by atoms with van der Waals surface area (Å²) in [5, 5.41) is 11.0. The molecule has 0 radical (unpaired) electrons. The third kappa shape index (κ3) is 3.44. The van der Waals surface area contributed by atoms with Crippen molar-refractivity contribution in [3.05, 3.63) is 33.9 Å². The number of hydrogen-bond donors (Lipinski definition) is 0. The van der Waals surface area contributed by atoms with Crippen LogP contribution in [-0.2, 0) is 19.6 Å². The van der Waals surface area contributed by atoms with Gasteiger partial charge < -0.3 is 9.64 Å². The predicted octanol–water partition coefficient (Wildman–Crippen LogP) is 0.915. The molecule has 142 valence electrons. The number of carbonyl (C=O) groups is 1. The Morgan fingerprint density at radius 3 is 2.62 bits per heavy atom. The van der Waals surface area contributed by atoms with Gasteiger partial charge in [-0.15, -0.1) is 0 Å². The maximum absolute atomic E-state index is 13.1. The quantitative estimate of drug-likeness (QED) is 0.565. The molecule has 2 fully saturated rings. The average molecular weight is 383 g/mol. The third-order valence-corrected chi connectivity index (χ3v) is 6.83. The first-order valence-electron chi connectivity index (χ1n) is 8.46. The van der Waals surface area contributed by atoms with E-state index in [1.54, 1.807) is 11.8 Å². The highest BCUT2D eigenvalue weighted by Gasteiger charge is 2.42. The summed E-state index contributed by atoms with van der Waals surface area (Å²) in [4.78, 5) is 24.7. The van der Waals surface area contributed by atoms with Gasteiger partial charge in [-0.05, 0) is 25.3 Å². The van der Waals surface area contributed by atoms with Crippen molar-refractivity contribution in [3.8, 4) is 0 Å². The second-order valence-corrected chi connectivity index (χ2v) is 8.28. The van der Waals surface area contributed by atoms with Crippen molar-refractivity contribution in [3.63, 3.8) is 0 Å². The molecular weight excluding hydrogens is 362 g/mol. The van der Waals surface area contributed by atoms with E-state index in [0.717, 1.165) is 6.07 Å². The fraction of sp³-hybridized carbons (Fsp3) is 0.562. The molecule has 1 atom stereocenters. The second kappa shape index (κ2) is 7.29. The van der Waals surface area contributed by atoms with E-state index >= 15 is 0 Å². The van der Waals surface area contributed by atoms with E-state index in [1.807, 2.05) is 0 Å². The number of non-ortho nitro benzene ring substituents is 1. The Morgan fingerprint density at radius 2 is 1.96 bits per heavy atom. The van der Waals surface area contributed by atoms with Crippen molar-refractivity contribution in [2.45, 2.75) is 30.7 Å². The molecule has 1 aromatic carbocycles. The molecule has 3 rings (SSSR count). The van der Waals surface area contributed by atoms with Crippen LogP contribution in [0.4, 0.5) is 5.69 Å². The van der Waals surface area contributed by atoms with Crippen LogP contribution >= 0.6 is 0 Å². The molecule has 0 N–H and O–H groups in total. The Balaban J connectivity index is 1.92. The first-order chi connectivity index (χ1) is 12.3. The summed E-state index contributed by atoms with van der Waals surface area (Å²) in [6, 6.07) is 2.99. The summed E-state index contributed by atoms with van der Waals surface area (Å²) in [6.45, 7) is 3.58. The van der Waals surface area contributed by atoms with Gasteiger partial charge in [-0.3, -0.25) is 14.9 Å². The van der Waals surface area contributed by atoms with Crippen LogP contribution in [0, 0.1) is 17.0 Å². The fourth-order valence-corrected chi connectivity index (χ4v) is 5.27. The lowest BCUT2D eigenvalue weighted by molar-refractivity contribution is -0.385. The standard InChI is InChI=1S/C16H21N3O6S/c1-12-4-5-13(19(21)22)11-15(12)26(23,24)18-6-2-3-14(18)16(20)17-7-9-25-10-8-17/h4-5,11,14H,2-3,6-10H2,1H3/t14-/m1/s1. The molecule has 2 heterocycles. The number of sulfonamides is 1. The molecule has 26 heavy (non-hydrogen) atoms. The molecule has 0 aromatic heterocycles. The zero-order valence-corrected chi connectivity index (χ0v) is 15.3. The topological polar surface area (TPSA) is 110 Å². The summed E-state index contributed by atoms with van der Waals surface area (Å²) < 4.78 is 32.7. The number of aryl methyl sites for hydroxylation is 1. The molecule has 0 aliphatic carbocycles. The minimum Gasteiger partial charge on any atom is -0.378 e. The van der Waals surface area contributed by atoms with Crippen molar-refractivity contribution < 1.29 is 22.9 Å². The number of rotatable bonds is 4. The number of morpholine rings is 1. The molecular formula is C16H21N3O6S. The summed E-state index contributed by atoms with van der Waals surface area (Å²) in [5.74, 6) is -0.225. The van der Waals surface area contributed by atoms with Crippen LogP contribution in [0.2, 0.25) is 0 Å². The van der Waals surface area contributed by atoms with Crippen LogP contribution in [0.1, 0.15) is 18.4 Å². The molecule has 0 saturated carbocycles. The molecule has 0 unspecified atom stereocenters. The van der Waals surface area contributed by atoms with E-state index in [4.69, 9.17) is 4.74 Å². The van der Waals surface area contributed by atoms with Gasteiger partial charge in [-0.25, -0.2) is 8.42 Å². The van der Waals surface area contributed by atoms with Gasteiger partial charge in [-0.2, -0.15) is 4.31 Å². The van der Waals surface area contributed by atoms with E-state index in [0.29, 0.717) is 44.7 Å². The fourth-order valence-electron chi connectivity index (χ4n) is 3.38. The van der Waals surface area contributed by atoms with Crippen molar-refractivity contribution >= 4 is 21.6 Å². The molecule has 1 aromatic rings. The number of hydrogen-bond acceptors (Lipinski definition) is 6. The first-order valence-corrected chi connectivity index (χ1v) is 9.90. The predicted molar refractivity (Wildman–Crippen MR) is 92.1 cm³/mol. The Labute approximate surface area is 151 Å². The SMILES string of the molecule is Cc1ccc([N+](=O)[O-])cc1S(=O)(=O)N1CCC[C@@H]1C(=O)N1CCOCC1. The van der Waals surface area contributed by atoms with Gasteiger partial charge in [0.25, 0.3) is 5.69 Å². The van der Waals surface area contributed by atoms with Gasteiger partial charge in [0.15, 0.2) is 0 Å². The minimum absolute atomic E-state index is 0.117. The zero-order chi connectivity index (χ0) is 18.9. The number of nitro benzene ring substituents is 1. The number of nitro groups is 1. The number of carbonyl (C=O) groups excluding carboxylic acids is 1. The maximum atomic E-state index is 13.1. The normalized spacial score (nSPS) is 21.7. The molecule has 9 nitrogen and oxygen atoms in total. The van der Waals surface area contributed by atoms with Crippen LogP contribution < -0.4 is 0 Å². The van der Waals surface area contributed by atoms with E-state index < -0.39 is 21.0 Å². The largest absolute Gasteiger partial charge is 0.378 e. The highest BCUT2D eigenvalue weighted by atomic mass is 32.2.